The van der Waals surface area contributed by atoms with Crippen LogP contribution >= 0.6 is 35.4 Å². The van der Waals surface area contributed by atoms with Gasteiger partial charge in [0.05, 0.1) is 6.67 Å². The molecule has 1 aromatic heterocycles. The first kappa shape index (κ1) is 21.8. The minimum absolute atomic E-state index is 0.573. The molecule has 158 valence electrons. The van der Waals surface area contributed by atoms with Gasteiger partial charge >= 0.3 is 0 Å². The van der Waals surface area contributed by atoms with Gasteiger partial charge in [0.25, 0.3) is 0 Å². The highest BCUT2D eigenvalue weighted by molar-refractivity contribution is 7.71. The van der Waals surface area contributed by atoms with Crippen molar-refractivity contribution in [1.29, 1.82) is 0 Å². The van der Waals surface area contributed by atoms with Crippen LogP contribution in [0.3, 0.4) is 0 Å². The van der Waals surface area contributed by atoms with E-state index in [4.69, 9.17) is 40.5 Å². The molecule has 0 amide bonds. The molecule has 7 heteroatoms. The Morgan fingerprint density at radius 2 is 1.45 bits per heavy atom. The first-order chi connectivity index (χ1) is 15.0. The Bertz CT molecular complexity index is 1200. The molecule has 0 atom stereocenters. The quantitative estimate of drug-likeness (QED) is 0.294. The zero-order valence-electron chi connectivity index (χ0n) is 17.1. The summed E-state index contributed by atoms with van der Waals surface area (Å²) in [6.07, 6.45) is 0.682. The van der Waals surface area contributed by atoms with Gasteiger partial charge in [0.2, 0.25) is 4.77 Å². The maximum absolute atomic E-state index is 6.10. The second-order valence-corrected chi connectivity index (χ2v) is 8.69. The van der Waals surface area contributed by atoms with Crippen LogP contribution in [-0.4, -0.2) is 26.3 Å². The molecule has 0 aliphatic rings. The fourth-order valence-electron chi connectivity index (χ4n) is 3.47. The Morgan fingerprint density at radius 1 is 0.839 bits per heavy atom. The number of halogens is 2. The molecule has 0 saturated carbocycles. The number of nitrogens with zero attached hydrogens (tertiary/aromatic N) is 4. The first-order valence-corrected chi connectivity index (χ1v) is 11.1. The van der Waals surface area contributed by atoms with Crippen molar-refractivity contribution in [2.75, 3.05) is 7.05 Å². The Labute approximate surface area is 197 Å². The minimum Gasteiger partial charge on any atom is -0.283 e. The molecule has 31 heavy (non-hydrogen) atoms. The van der Waals surface area contributed by atoms with Crippen LogP contribution in [0.25, 0.3) is 5.69 Å². The molecular weight excluding hydrogens is 447 g/mol. The molecule has 0 saturated heterocycles. The molecule has 0 unspecified atom stereocenters. The van der Waals surface area contributed by atoms with E-state index in [9.17, 15) is 0 Å². The second-order valence-electron chi connectivity index (χ2n) is 7.45. The van der Waals surface area contributed by atoms with Crippen LogP contribution in [0.1, 0.15) is 17.0 Å². The molecule has 0 radical (unpaired) electrons. The Morgan fingerprint density at radius 3 is 2.10 bits per heavy atom. The van der Waals surface area contributed by atoms with Crippen LogP contribution in [0.15, 0.2) is 78.9 Å². The van der Waals surface area contributed by atoms with Crippen molar-refractivity contribution in [2.45, 2.75) is 19.6 Å². The lowest BCUT2D eigenvalue weighted by Gasteiger charge is -2.16. The summed E-state index contributed by atoms with van der Waals surface area (Å²) in [5.41, 5.74) is 3.31. The molecule has 0 spiro atoms. The Hall–Kier alpha value is -2.44. The third-order valence-corrected chi connectivity index (χ3v) is 5.83. The summed E-state index contributed by atoms with van der Waals surface area (Å²) in [5, 5.41) is 6.31. The molecule has 0 aliphatic carbocycles. The topological polar surface area (TPSA) is 26.0 Å². The van der Waals surface area contributed by atoms with Gasteiger partial charge in [-0.05, 0) is 66.8 Å². The first-order valence-electron chi connectivity index (χ1n) is 9.91. The van der Waals surface area contributed by atoms with Gasteiger partial charge in [-0.15, -0.1) is 0 Å². The van der Waals surface area contributed by atoms with Gasteiger partial charge < -0.3 is 0 Å². The third-order valence-electron chi connectivity index (χ3n) is 4.94. The number of aromatic nitrogens is 3. The smallest absolute Gasteiger partial charge is 0.203 e. The highest BCUT2D eigenvalue weighted by atomic mass is 35.5. The van der Waals surface area contributed by atoms with E-state index in [2.05, 4.69) is 24.1 Å². The van der Waals surface area contributed by atoms with Crippen LogP contribution in [0.5, 0.6) is 0 Å². The number of benzene rings is 3. The summed E-state index contributed by atoms with van der Waals surface area (Å²) in [5.74, 6) is 0.887. The summed E-state index contributed by atoms with van der Waals surface area (Å²) in [6, 6.07) is 25.8. The van der Waals surface area contributed by atoms with Gasteiger partial charge in [-0.1, -0.05) is 65.7 Å². The van der Waals surface area contributed by atoms with Gasteiger partial charge in [-0.2, -0.15) is 5.10 Å². The molecule has 0 fully saturated rings. The third kappa shape index (κ3) is 5.43. The number of rotatable bonds is 7. The lowest BCUT2D eigenvalue weighted by Crippen LogP contribution is -2.22. The monoisotopic (exact) mass is 468 g/mol. The fourth-order valence-corrected chi connectivity index (χ4v) is 4.03. The SMILES string of the molecule is CN(Cc1ccc(Cl)cc1)Cn1nc(Cc2ccccc2)n(-c2ccc(Cl)cc2)c1=S. The van der Waals surface area contributed by atoms with Crippen LogP contribution < -0.4 is 0 Å². The molecular formula is C24H22Cl2N4S. The lowest BCUT2D eigenvalue weighted by molar-refractivity contribution is 0.243. The summed E-state index contributed by atoms with van der Waals surface area (Å²) in [7, 11) is 2.05. The van der Waals surface area contributed by atoms with Crippen molar-refractivity contribution >= 4 is 35.4 Å². The Kier molecular flexibility index (Phi) is 6.88. The molecule has 0 N–H and O–H groups in total. The van der Waals surface area contributed by atoms with E-state index >= 15 is 0 Å². The van der Waals surface area contributed by atoms with Crippen LogP contribution in [0.2, 0.25) is 10.0 Å². The van der Waals surface area contributed by atoms with Crippen LogP contribution in [0.4, 0.5) is 0 Å². The lowest BCUT2D eigenvalue weighted by atomic mass is 10.1. The van der Waals surface area contributed by atoms with Crippen molar-refractivity contribution in [3.63, 3.8) is 0 Å². The second kappa shape index (κ2) is 9.79. The summed E-state index contributed by atoms with van der Waals surface area (Å²) in [6.45, 7) is 1.34. The minimum atomic E-state index is 0.573. The highest BCUT2D eigenvalue weighted by Gasteiger charge is 2.14. The van der Waals surface area contributed by atoms with E-state index in [0.29, 0.717) is 22.9 Å². The molecule has 0 bridgehead atoms. The van der Waals surface area contributed by atoms with Gasteiger partial charge in [0, 0.05) is 28.7 Å². The molecule has 4 aromatic rings. The van der Waals surface area contributed by atoms with Crippen LogP contribution in [0, 0.1) is 4.77 Å². The molecule has 4 nitrogen and oxygen atoms in total. The molecule has 4 rings (SSSR count). The summed E-state index contributed by atoms with van der Waals surface area (Å²) in [4.78, 5) is 2.17. The molecule has 3 aromatic carbocycles. The average molecular weight is 469 g/mol. The predicted molar refractivity (Wildman–Crippen MR) is 130 cm³/mol. The van der Waals surface area contributed by atoms with Crippen LogP contribution in [-0.2, 0) is 19.6 Å². The van der Waals surface area contributed by atoms with E-state index in [-0.39, 0.29) is 0 Å². The molecule has 0 aliphatic heterocycles. The van der Waals surface area contributed by atoms with E-state index in [1.165, 1.54) is 11.1 Å². The van der Waals surface area contributed by atoms with E-state index < -0.39 is 0 Å². The van der Waals surface area contributed by atoms with Crippen molar-refractivity contribution in [2.24, 2.45) is 0 Å². The normalized spacial score (nSPS) is 11.2. The van der Waals surface area contributed by atoms with Crippen molar-refractivity contribution in [3.05, 3.63) is 111 Å². The Balaban J connectivity index is 1.64. The largest absolute Gasteiger partial charge is 0.283 e. The van der Waals surface area contributed by atoms with E-state index in [1.54, 1.807) is 0 Å². The zero-order chi connectivity index (χ0) is 21.8. The predicted octanol–water partition coefficient (Wildman–Crippen LogP) is 6.39. The average Bonchev–Trinajstić information content (AvgIpc) is 3.05. The van der Waals surface area contributed by atoms with Gasteiger partial charge in [0.1, 0.15) is 5.82 Å². The fraction of sp³-hybridized carbons (Fsp3) is 0.167. The summed E-state index contributed by atoms with van der Waals surface area (Å²) < 4.78 is 4.55. The van der Waals surface area contributed by atoms with Crippen molar-refractivity contribution < 1.29 is 0 Å². The zero-order valence-corrected chi connectivity index (χ0v) is 19.4. The molecule has 1 heterocycles. The van der Waals surface area contributed by atoms with Gasteiger partial charge in [-0.25, -0.2) is 4.68 Å². The standard InChI is InChI=1S/C24H22Cl2N4S/c1-28(16-19-7-9-20(25)10-8-19)17-29-24(31)30(22-13-11-21(26)12-14-22)23(27-29)15-18-5-3-2-4-6-18/h2-14H,15-17H2,1H3. The van der Waals surface area contributed by atoms with Crippen molar-refractivity contribution in [1.82, 2.24) is 19.2 Å². The van der Waals surface area contributed by atoms with Gasteiger partial charge in [0.15, 0.2) is 0 Å². The van der Waals surface area contributed by atoms with Crippen molar-refractivity contribution in [3.8, 4) is 5.69 Å². The van der Waals surface area contributed by atoms with E-state index in [1.807, 2.05) is 76.0 Å². The number of hydrogen-bond acceptors (Lipinski definition) is 3. The highest BCUT2D eigenvalue weighted by Crippen LogP contribution is 2.19. The van der Waals surface area contributed by atoms with E-state index in [0.717, 1.165) is 23.1 Å². The number of hydrogen-bond donors (Lipinski definition) is 0. The maximum Gasteiger partial charge on any atom is 0.203 e. The maximum atomic E-state index is 6.10. The summed E-state index contributed by atoms with van der Waals surface area (Å²) >= 11 is 17.9. The van der Waals surface area contributed by atoms with Gasteiger partial charge in [-0.3, -0.25) is 9.47 Å².